The second kappa shape index (κ2) is 7.00. The Balaban J connectivity index is 1.69. The number of aromatic nitrogens is 2. The van der Waals surface area contributed by atoms with Gasteiger partial charge >= 0.3 is 0 Å². The number of anilines is 2. The first kappa shape index (κ1) is 16.9. The first-order chi connectivity index (χ1) is 13.2. The number of rotatable bonds is 5. The van der Waals surface area contributed by atoms with Gasteiger partial charge in [-0.15, -0.1) is 0 Å². The fourth-order valence-corrected chi connectivity index (χ4v) is 2.86. The van der Waals surface area contributed by atoms with Gasteiger partial charge in [0.15, 0.2) is 17.2 Å². The number of nitrogens with one attached hydrogen (secondary N) is 1. The van der Waals surface area contributed by atoms with E-state index in [2.05, 4.69) is 27.1 Å². The summed E-state index contributed by atoms with van der Waals surface area (Å²) in [6.45, 7) is 10.9. The van der Waals surface area contributed by atoms with E-state index in [4.69, 9.17) is 16.0 Å². The van der Waals surface area contributed by atoms with E-state index in [0.717, 1.165) is 34.5 Å². The lowest BCUT2D eigenvalue weighted by Gasteiger charge is -2.17. The zero-order valence-electron chi connectivity index (χ0n) is 15.2. The molecule has 1 aliphatic heterocycles. The lowest BCUT2D eigenvalue weighted by molar-refractivity contribution is 0.174. The van der Waals surface area contributed by atoms with E-state index in [0.29, 0.717) is 24.0 Å². The number of fused-ring (bicyclic) bond motifs is 2. The van der Waals surface area contributed by atoms with Crippen LogP contribution in [0.25, 0.3) is 15.7 Å². The van der Waals surface area contributed by atoms with Gasteiger partial charge in [0.1, 0.15) is 5.82 Å². The van der Waals surface area contributed by atoms with Crippen LogP contribution < -0.4 is 19.7 Å². The maximum Gasteiger partial charge on any atom is 0.231 e. The molecule has 0 radical (unpaired) electrons. The van der Waals surface area contributed by atoms with Crippen molar-refractivity contribution < 1.29 is 9.47 Å². The first-order valence-corrected chi connectivity index (χ1v) is 8.70. The summed E-state index contributed by atoms with van der Waals surface area (Å²) >= 11 is 0. The molecule has 0 fully saturated rings. The molecule has 27 heavy (non-hydrogen) atoms. The predicted molar refractivity (Wildman–Crippen MR) is 105 cm³/mol. The summed E-state index contributed by atoms with van der Waals surface area (Å²) in [6.07, 6.45) is 0. The average Bonchev–Trinajstić information content (AvgIpc) is 3.18. The lowest BCUT2D eigenvalue weighted by atomic mass is 10.2. The van der Waals surface area contributed by atoms with Gasteiger partial charge in [-0.05, 0) is 36.8 Å². The highest BCUT2D eigenvalue weighted by atomic mass is 16.7. The Bertz CT molecular complexity index is 1040. The predicted octanol–water partition coefficient (Wildman–Crippen LogP) is 3.98. The third kappa shape index (κ3) is 3.29. The molecule has 0 bridgehead atoms. The van der Waals surface area contributed by atoms with Crippen molar-refractivity contribution in [2.75, 3.05) is 30.6 Å². The molecule has 0 saturated carbocycles. The fraction of sp³-hybridized carbons (Fsp3) is 0.250. The first-order valence-electron chi connectivity index (χ1n) is 8.70. The van der Waals surface area contributed by atoms with Gasteiger partial charge in [0, 0.05) is 25.5 Å². The van der Waals surface area contributed by atoms with Gasteiger partial charge in [-0.3, -0.25) is 0 Å². The standard InChI is InChI=1S/C20H19N5O2/c1-4-25(3)20-23-16-7-6-14(21-2)10-15(16)19(24-20)22-11-13-5-8-17-18(9-13)27-12-26-17/h5-10H,4,11-12H2,1,3H3,(H,22,23,24). The summed E-state index contributed by atoms with van der Waals surface area (Å²) in [6, 6.07) is 11.3. The van der Waals surface area contributed by atoms with E-state index < -0.39 is 0 Å². The van der Waals surface area contributed by atoms with E-state index >= 15 is 0 Å². The Hall–Kier alpha value is -3.53. The van der Waals surface area contributed by atoms with Crippen molar-refractivity contribution in [2.45, 2.75) is 13.5 Å². The van der Waals surface area contributed by atoms with Gasteiger partial charge in [-0.1, -0.05) is 12.1 Å². The molecule has 2 heterocycles. The molecule has 0 unspecified atom stereocenters. The molecule has 0 amide bonds. The summed E-state index contributed by atoms with van der Waals surface area (Å²) < 4.78 is 10.8. The van der Waals surface area contributed by atoms with Gasteiger partial charge < -0.3 is 19.7 Å². The summed E-state index contributed by atoms with van der Waals surface area (Å²) in [5, 5.41) is 4.22. The van der Waals surface area contributed by atoms with Crippen LogP contribution in [0.15, 0.2) is 36.4 Å². The molecule has 1 aliphatic rings. The Morgan fingerprint density at radius 1 is 1.15 bits per heavy atom. The molecule has 1 aromatic heterocycles. The van der Waals surface area contributed by atoms with Crippen molar-refractivity contribution in [3.8, 4) is 11.5 Å². The summed E-state index contributed by atoms with van der Waals surface area (Å²) in [7, 11) is 1.95. The Labute approximate surface area is 157 Å². The third-order valence-electron chi connectivity index (χ3n) is 4.51. The smallest absolute Gasteiger partial charge is 0.231 e. The zero-order chi connectivity index (χ0) is 18.8. The zero-order valence-corrected chi connectivity index (χ0v) is 15.2. The van der Waals surface area contributed by atoms with E-state index in [1.165, 1.54) is 0 Å². The van der Waals surface area contributed by atoms with Crippen molar-refractivity contribution in [3.63, 3.8) is 0 Å². The summed E-state index contributed by atoms with van der Waals surface area (Å²) in [5.74, 6) is 2.87. The average molecular weight is 361 g/mol. The van der Waals surface area contributed by atoms with Crippen LogP contribution in [-0.2, 0) is 6.54 Å². The molecular formula is C20H19N5O2. The van der Waals surface area contributed by atoms with E-state index in [1.807, 2.05) is 42.3 Å². The van der Waals surface area contributed by atoms with Crippen LogP contribution >= 0.6 is 0 Å². The van der Waals surface area contributed by atoms with E-state index in [1.54, 1.807) is 6.07 Å². The molecule has 0 saturated heterocycles. The molecule has 0 spiro atoms. The summed E-state index contributed by atoms with van der Waals surface area (Å²) in [4.78, 5) is 14.8. The molecule has 136 valence electrons. The second-order valence-corrected chi connectivity index (χ2v) is 6.24. The molecule has 4 rings (SSSR count). The number of hydrogen-bond acceptors (Lipinski definition) is 6. The Morgan fingerprint density at radius 2 is 2.00 bits per heavy atom. The van der Waals surface area contributed by atoms with Crippen molar-refractivity contribution in [1.82, 2.24) is 9.97 Å². The molecule has 3 aromatic rings. The Kier molecular flexibility index (Phi) is 4.38. The highest BCUT2D eigenvalue weighted by molar-refractivity contribution is 5.92. The fourth-order valence-electron chi connectivity index (χ4n) is 2.86. The SMILES string of the molecule is [C-]#[N+]c1ccc2nc(N(C)CC)nc(NCc3ccc4c(c3)OCO4)c2c1. The minimum atomic E-state index is 0.259. The number of hydrogen-bond donors (Lipinski definition) is 1. The van der Waals surface area contributed by atoms with Crippen LogP contribution in [0.2, 0.25) is 0 Å². The molecule has 1 N–H and O–H groups in total. The van der Waals surface area contributed by atoms with E-state index in [9.17, 15) is 0 Å². The lowest BCUT2D eigenvalue weighted by Crippen LogP contribution is -2.19. The third-order valence-corrected chi connectivity index (χ3v) is 4.51. The van der Waals surface area contributed by atoms with Crippen LogP contribution in [0.5, 0.6) is 11.5 Å². The molecule has 0 atom stereocenters. The van der Waals surface area contributed by atoms with Crippen LogP contribution in [0.1, 0.15) is 12.5 Å². The molecular weight excluding hydrogens is 342 g/mol. The summed E-state index contributed by atoms with van der Waals surface area (Å²) in [5.41, 5.74) is 2.42. The van der Waals surface area contributed by atoms with Gasteiger partial charge in [0.2, 0.25) is 12.7 Å². The highest BCUT2D eigenvalue weighted by Crippen LogP contribution is 2.33. The molecule has 7 nitrogen and oxygen atoms in total. The molecule has 2 aromatic carbocycles. The monoisotopic (exact) mass is 361 g/mol. The molecule has 7 heteroatoms. The second-order valence-electron chi connectivity index (χ2n) is 6.24. The van der Waals surface area contributed by atoms with E-state index in [-0.39, 0.29) is 6.79 Å². The topological polar surface area (TPSA) is 63.9 Å². The number of ether oxygens (including phenoxy) is 2. The van der Waals surface area contributed by atoms with Crippen LogP contribution in [0.3, 0.4) is 0 Å². The maximum atomic E-state index is 7.27. The van der Waals surface area contributed by atoms with Gasteiger partial charge in [0.25, 0.3) is 0 Å². The van der Waals surface area contributed by atoms with Crippen molar-refractivity contribution in [3.05, 3.63) is 53.4 Å². The maximum absolute atomic E-state index is 7.27. The molecule has 0 aliphatic carbocycles. The van der Waals surface area contributed by atoms with Gasteiger partial charge in [-0.25, -0.2) is 9.83 Å². The van der Waals surface area contributed by atoms with Crippen molar-refractivity contribution in [2.24, 2.45) is 0 Å². The van der Waals surface area contributed by atoms with Crippen molar-refractivity contribution >= 4 is 28.4 Å². The minimum absolute atomic E-state index is 0.259. The highest BCUT2D eigenvalue weighted by Gasteiger charge is 2.14. The Morgan fingerprint density at radius 3 is 2.81 bits per heavy atom. The minimum Gasteiger partial charge on any atom is -0.454 e. The normalized spacial score (nSPS) is 12.0. The van der Waals surface area contributed by atoms with Gasteiger partial charge in [0.05, 0.1) is 12.1 Å². The largest absolute Gasteiger partial charge is 0.454 e. The van der Waals surface area contributed by atoms with Crippen LogP contribution in [0.4, 0.5) is 17.5 Å². The number of benzene rings is 2. The van der Waals surface area contributed by atoms with Gasteiger partial charge in [-0.2, -0.15) is 4.98 Å². The van der Waals surface area contributed by atoms with Crippen LogP contribution in [-0.4, -0.2) is 30.4 Å². The quantitative estimate of drug-likeness (QED) is 0.694. The van der Waals surface area contributed by atoms with Crippen LogP contribution in [0, 0.1) is 6.57 Å². The number of nitrogens with zero attached hydrogens (tertiary/aromatic N) is 4. The van der Waals surface area contributed by atoms with Crippen molar-refractivity contribution in [1.29, 1.82) is 0 Å².